The lowest BCUT2D eigenvalue weighted by Gasteiger charge is -2.20. The van der Waals surface area contributed by atoms with Gasteiger partial charge in [0.05, 0.1) is 17.9 Å². The van der Waals surface area contributed by atoms with Gasteiger partial charge in [0.15, 0.2) is 0 Å². The number of hydrogen-bond donors (Lipinski definition) is 2. The molecule has 20 heavy (non-hydrogen) atoms. The van der Waals surface area contributed by atoms with Crippen molar-refractivity contribution in [2.24, 2.45) is 0 Å². The molecular formula is C14H19NO5. The van der Waals surface area contributed by atoms with E-state index in [4.69, 9.17) is 14.6 Å². The standard InChI is InChI=1S/C14H19NO5/c1-5-19-11-7-6-9(12(16)17)8-10(11)15-13(18)20-14(2,3)4/h6-8H,5H2,1-4H3,(H,15,18)(H,16,17). The molecule has 110 valence electrons. The van der Waals surface area contributed by atoms with Crippen LogP contribution in [-0.4, -0.2) is 29.4 Å². The maximum Gasteiger partial charge on any atom is 0.412 e. The third kappa shape index (κ3) is 4.79. The van der Waals surface area contributed by atoms with E-state index in [-0.39, 0.29) is 11.3 Å². The Labute approximate surface area is 117 Å². The quantitative estimate of drug-likeness (QED) is 0.885. The second-order valence-electron chi connectivity index (χ2n) is 5.08. The molecule has 0 saturated heterocycles. The van der Waals surface area contributed by atoms with E-state index in [2.05, 4.69) is 5.32 Å². The molecule has 0 aromatic heterocycles. The van der Waals surface area contributed by atoms with Gasteiger partial charge in [-0.05, 0) is 45.9 Å². The summed E-state index contributed by atoms with van der Waals surface area (Å²) < 4.78 is 10.5. The molecule has 0 heterocycles. The Hall–Kier alpha value is -2.24. The summed E-state index contributed by atoms with van der Waals surface area (Å²) in [5, 5.41) is 11.5. The highest BCUT2D eigenvalue weighted by atomic mass is 16.6. The third-order valence-electron chi connectivity index (χ3n) is 2.16. The van der Waals surface area contributed by atoms with Gasteiger partial charge in [0.25, 0.3) is 0 Å². The fourth-order valence-electron chi connectivity index (χ4n) is 1.46. The monoisotopic (exact) mass is 281 g/mol. The first-order valence-electron chi connectivity index (χ1n) is 6.23. The average Bonchev–Trinajstić information content (AvgIpc) is 2.28. The lowest BCUT2D eigenvalue weighted by molar-refractivity contribution is 0.0632. The number of carboxylic acids is 1. The Bertz CT molecular complexity index is 505. The number of nitrogens with one attached hydrogen (secondary N) is 1. The molecule has 0 aliphatic rings. The third-order valence-corrected chi connectivity index (χ3v) is 2.16. The van der Waals surface area contributed by atoms with Gasteiger partial charge in [-0.25, -0.2) is 9.59 Å². The van der Waals surface area contributed by atoms with E-state index >= 15 is 0 Å². The smallest absolute Gasteiger partial charge is 0.412 e. The Morgan fingerprint density at radius 3 is 2.45 bits per heavy atom. The van der Waals surface area contributed by atoms with E-state index in [1.807, 2.05) is 0 Å². The zero-order chi connectivity index (χ0) is 15.3. The van der Waals surface area contributed by atoms with Gasteiger partial charge < -0.3 is 14.6 Å². The molecule has 0 atom stereocenters. The number of aromatic carboxylic acids is 1. The van der Waals surface area contributed by atoms with Gasteiger partial charge in [-0.15, -0.1) is 0 Å². The number of anilines is 1. The Morgan fingerprint density at radius 1 is 1.30 bits per heavy atom. The summed E-state index contributed by atoms with van der Waals surface area (Å²) in [7, 11) is 0. The van der Waals surface area contributed by atoms with Crippen LogP contribution in [0.4, 0.5) is 10.5 Å². The number of carboxylic acid groups (broad SMARTS) is 1. The maximum absolute atomic E-state index is 11.7. The van der Waals surface area contributed by atoms with Crippen molar-refractivity contribution in [3.8, 4) is 5.75 Å². The van der Waals surface area contributed by atoms with E-state index in [0.29, 0.717) is 12.4 Å². The van der Waals surface area contributed by atoms with Crippen molar-refractivity contribution in [1.29, 1.82) is 0 Å². The van der Waals surface area contributed by atoms with Gasteiger partial charge in [-0.2, -0.15) is 0 Å². The van der Waals surface area contributed by atoms with Crippen LogP contribution in [0, 0.1) is 0 Å². The molecule has 0 aliphatic carbocycles. The molecular weight excluding hydrogens is 262 g/mol. The van der Waals surface area contributed by atoms with E-state index in [1.165, 1.54) is 18.2 Å². The lowest BCUT2D eigenvalue weighted by Crippen LogP contribution is -2.27. The number of ether oxygens (including phenoxy) is 2. The van der Waals surface area contributed by atoms with Crippen molar-refractivity contribution >= 4 is 17.7 Å². The predicted molar refractivity (Wildman–Crippen MR) is 74.4 cm³/mol. The summed E-state index contributed by atoms with van der Waals surface area (Å²) in [6.07, 6.45) is -0.666. The van der Waals surface area contributed by atoms with E-state index in [9.17, 15) is 9.59 Å². The van der Waals surface area contributed by atoms with Crippen LogP contribution in [0.5, 0.6) is 5.75 Å². The minimum absolute atomic E-state index is 0.0551. The number of carbonyl (C=O) groups is 2. The van der Waals surface area contributed by atoms with E-state index in [1.54, 1.807) is 27.7 Å². The Kier molecular flexibility index (Phi) is 4.96. The van der Waals surface area contributed by atoms with Crippen LogP contribution in [-0.2, 0) is 4.74 Å². The molecule has 6 heteroatoms. The largest absolute Gasteiger partial charge is 0.492 e. The topological polar surface area (TPSA) is 84.9 Å². The molecule has 0 fully saturated rings. The van der Waals surface area contributed by atoms with Crippen LogP contribution >= 0.6 is 0 Å². The van der Waals surface area contributed by atoms with Crippen molar-refractivity contribution in [2.45, 2.75) is 33.3 Å². The van der Waals surface area contributed by atoms with Crippen LogP contribution in [0.15, 0.2) is 18.2 Å². The zero-order valence-electron chi connectivity index (χ0n) is 12.0. The number of amides is 1. The Balaban J connectivity index is 2.98. The highest BCUT2D eigenvalue weighted by molar-refractivity contribution is 5.93. The minimum atomic E-state index is -1.08. The highest BCUT2D eigenvalue weighted by Crippen LogP contribution is 2.26. The molecule has 6 nitrogen and oxygen atoms in total. The molecule has 2 N–H and O–H groups in total. The molecule has 0 aliphatic heterocycles. The molecule has 1 aromatic rings. The fourth-order valence-corrected chi connectivity index (χ4v) is 1.46. The van der Waals surface area contributed by atoms with Crippen molar-refractivity contribution < 1.29 is 24.2 Å². The molecule has 0 saturated carbocycles. The summed E-state index contributed by atoms with van der Waals surface area (Å²) in [4.78, 5) is 22.7. The first-order valence-corrected chi connectivity index (χ1v) is 6.23. The van der Waals surface area contributed by atoms with Crippen molar-refractivity contribution in [3.63, 3.8) is 0 Å². The van der Waals surface area contributed by atoms with Gasteiger partial charge in [0.2, 0.25) is 0 Å². The van der Waals surface area contributed by atoms with Gasteiger partial charge in [-0.1, -0.05) is 0 Å². The maximum atomic E-state index is 11.7. The summed E-state index contributed by atoms with van der Waals surface area (Å²) in [6, 6.07) is 4.24. The summed E-state index contributed by atoms with van der Waals surface area (Å²) >= 11 is 0. The Morgan fingerprint density at radius 2 is 1.95 bits per heavy atom. The van der Waals surface area contributed by atoms with E-state index in [0.717, 1.165) is 0 Å². The molecule has 0 spiro atoms. The highest BCUT2D eigenvalue weighted by Gasteiger charge is 2.18. The van der Waals surface area contributed by atoms with Gasteiger partial charge in [-0.3, -0.25) is 5.32 Å². The SMILES string of the molecule is CCOc1ccc(C(=O)O)cc1NC(=O)OC(C)(C)C. The summed E-state index contributed by atoms with van der Waals surface area (Å²) in [5.41, 5.74) is -0.319. The molecule has 1 aromatic carbocycles. The number of hydrogen-bond acceptors (Lipinski definition) is 4. The normalized spacial score (nSPS) is 10.8. The first kappa shape index (κ1) is 15.8. The number of carbonyl (C=O) groups excluding carboxylic acids is 1. The van der Waals surface area contributed by atoms with Crippen molar-refractivity contribution in [1.82, 2.24) is 0 Å². The number of benzene rings is 1. The minimum Gasteiger partial charge on any atom is -0.492 e. The number of rotatable bonds is 4. The van der Waals surface area contributed by atoms with Crippen LogP contribution in [0.25, 0.3) is 0 Å². The van der Waals surface area contributed by atoms with Crippen molar-refractivity contribution in [3.05, 3.63) is 23.8 Å². The first-order chi connectivity index (χ1) is 9.23. The van der Waals surface area contributed by atoms with Crippen LogP contribution in [0.1, 0.15) is 38.1 Å². The summed E-state index contributed by atoms with van der Waals surface area (Å²) in [5.74, 6) is -0.691. The average molecular weight is 281 g/mol. The molecule has 1 amide bonds. The molecule has 1 rings (SSSR count). The fraction of sp³-hybridized carbons (Fsp3) is 0.429. The second-order valence-corrected chi connectivity index (χ2v) is 5.08. The molecule has 0 unspecified atom stereocenters. The second kappa shape index (κ2) is 6.27. The predicted octanol–water partition coefficient (Wildman–Crippen LogP) is 3.13. The zero-order valence-corrected chi connectivity index (χ0v) is 12.0. The van der Waals surface area contributed by atoms with Crippen LogP contribution in [0.2, 0.25) is 0 Å². The van der Waals surface area contributed by atoms with E-state index < -0.39 is 17.7 Å². The van der Waals surface area contributed by atoms with Crippen LogP contribution in [0.3, 0.4) is 0 Å². The van der Waals surface area contributed by atoms with Gasteiger partial charge in [0, 0.05) is 0 Å². The summed E-state index contributed by atoms with van der Waals surface area (Å²) in [6.45, 7) is 7.41. The van der Waals surface area contributed by atoms with Gasteiger partial charge in [0.1, 0.15) is 11.4 Å². The molecule has 0 radical (unpaired) electrons. The lowest BCUT2D eigenvalue weighted by atomic mass is 10.2. The van der Waals surface area contributed by atoms with Crippen LogP contribution < -0.4 is 10.1 Å². The van der Waals surface area contributed by atoms with Gasteiger partial charge >= 0.3 is 12.1 Å². The molecule has 0 bridgehead atoms. The van der Waals surface area contributed by atoms with Crippen molar-refractivity contribution in [2.75, 3.05) is 11.9 Å².